The number of benzene rings is 1. The van der Waals surface area contributed by atoms with Crippen molar-refractivity contribution >= 4 is 12.6 Å². The van der Waals surface area contributed by atoms with Gasteiger partial charge in [0, 0.05) is 18.6 Å². The summed E-state index contributed by atoms with van der Waals surface area (Å²) in [6.07, 6.45) is 12.3. The molecule has 0 amide bonds. The molecule has 1 unspecified atom stereocenters. The van der Waals surface area contributed by atoms with E-state index in [0.29, 0.717) is 25.1 Å². The van der Waals surface area contributed by atoms with E-state index in [9.17, 15) is 14.7 Å². The molecule has 0 saturated heterocycles. The Kier molecular flexibility index (Phi) is 20.6. The molecule has 1 fully saturated rings. The van der Waals surface area contributed by atoms with Crippen LogP contribution in [0.3, 0.4) is 0 Å². The van der Waals surface area contributed by atoms with Gasteiger partial charge in [0.2, 0.25) is 0 Å². The summed E-state index contributed by atoms with van der Waals surface area (Å²) in [6, 6.07) is 8.59. The molecule has 0 bridgehead atoms. The summed E-state index contributed by atoms with van der Waals surface area (Å²) >= 11 is 0. The Morgan fingerprint density at radius 1 is 1.03 bits per heavy atom. The number of allylic oxidation sites excluding steroid dienone is 1. The van der Waals surface area contributed by atoms with Crippen molar-refractivity contribution in [2.24, 2.45) is 11.8 Å². The zero-order chi connectivity index (χ0) is 27.2. The Labute approximate surface area is 218 Å². The maximum atomic E-state index is 9.48. The highest BCUT2D eigenvalue weighted by Crippen LogP contribution is 2.38. The number of unbranched alkanes of at least 4 members (excludes halogenated alkanes) is 2. The summed E-state index contributed by atoms with van der Waals surface area (Å²) in [5, 5.41) is 17.3. The lowest BCUT2D eigenvalue weighted by Gasteiger charge is -2.29. The van der Waals surface area contributed by atoms with Crippen molar-refractivity contribution in [2.45, 2.75) is 71.1 Å². The standard InChI is InChI=1S/C22H36O3.C4H6O2.C4H6O/c1-3-4-5-6-18-7-9-20(10-8-18)21-11-13-22(14-12-21)25-17-19(15-23)16-24-2;1-4(2-5)3-6;1-4(2)3-5/h11-14,18-20,23H,3-10,15-17H2,1-2H3;2,6H,1,3H2;3H,1H2,2H3. The molecule has 0 radical (unpaired) electrons. The molecule has 36 heavy (non-hydrogen) atoms. The quantitative estimate of drug-likeness (QED) is 0.193. The van der Waals surface area contributed by atoms with Gasteiger partial charge in [-0.25, -0.2) is 0 Å². The van der Waals surface area contributed by atoms with Crippen LogP contribution in [0, 0.1) is 11.8 Å². The van der Waals surface area contributed by atoms with Crippen LogP contribution in [-0.2, 0) is 14.3 Å². The second kappa shape index (κ2) is 22.0. The maximum Gasteiger partial charge on any atom is 0.147 e. The van der Waals surface area contributed by atoms with Crippen molar-refractivity contribution in [1.82, 2.24) is 0 Å². The fourth-order valence-electron chi connectivity index (χ4n) is 3.94. The van der Waals surface area contributed by atoms with Gasteiger partial charge >= 0.3 is 0 Å². The van der Waals surface area contributed by atoms with Gasteiger partial charge in [0.1, 0.15) is 18.3 Å². The predicted molar refractivity (Wildman–Crippen MR) is 146 cm³/mol. The highest BCUT2D eigenvalue weighted by atomic mass is 16.5. The lowest BCUT2D eigenvalue weighted by molar-refractivity contribution is -0.105. The van der Waals surface area contributed by atoms with Gasteiger partial charge in [0.05, 0.1) is 26.4 Å². The zero-order valence-electron chi connectivity index (χ0n) is 22.6. The van der Waals surface area contributed by atoms with Crippen molar-refractivity contribution < 1.29 is 29.3 Å². The van der Waals surface area contributed by atoms with Crippen LogP contribution in [-0.4, -0.2) is 56.3 Å². The summed E-state index contributed by atoms with van der Waals surface area (Å²) in [4.78, 5) is 18.9. The lowest BCUT2D eigenvalue weighted by atomic mass is 9.77. The van der Waals surface area contributed by atoms with Gasteiger partial charge in [-0.05, 0) is 67.7 Å². The van der Waals surface area contributed by atoms with E-state index >= 15 is 0 Å². The molecule has 0 aliphatic heterocycles. The summed E-state index contributed by atoms with van der Waals surface area (Å²) < 4.78 is 10.9. The number of aldehydes is 2. The number of aliphatic hydroxyl groups excluding tert-OH is 2. The third kappa shape index (κ3) is 16.4. The first-order chi connectivity index (χ1) is 17.3. The lowest BCUT2D eigenvalue weighted by Crippen LogP contribution is -2.21. The summed E-state index contributed by atoms with van der Waals surface area (Å²) in [7, 11) is 1.65. The van der Waals surface area contributed by atoms with Crippen LogP contribution < -0.4 is 4.74 Å². The largest absolute Gasteiger partial charge is 0.493 e. The molecular formula is C30H48O6. The van der Waals surface area contributed by atoms with Crippen LogP contribution in [0.4, 0.5) is 0 Å². The monoisotopic (exact) mass is 504 g/mol. The number of carbonyl (C=O) groups is 2. The van der Waals surface area contributed by atoms with Gasteiger partial charge < -0.3 is 19.7 Å². The van der Waals surface area contributed by atoms with Gasteiger partial charge in [0.25, 0.3) is 0 Å². The SMILES string of the molecule is C=C(C)C=O.C=C(C=O)CO.CCCCCC1CCC(c2ccc(OCC(CO)COC)cc2)CC1. The second-order valence-corrected chi connectivity index (χ2v) is 9.50. The van der Waals surface area contributed by atoms with Gasteiger partial charge in [-0.15, -0.1) is 0 Å². The highest BCUT2D eigenvalue weighted by Gasteiger charge is 2.22. The average Bonchev–Trinajstić information content (AvgIpc) is 2.92. The first-order valence-corrected chi connectivity index (χ1v) is 13.0. The maximum absolute atomic E-state index is 9.48. The Bertz CT molecular complexity index is 719. The van der Waals surface area contributed by atoms with E-state index in [1.165, 1.54) is 56.9 Å². The minimum absolute atomic E-state index is 0.0349. The molecule has 1 aromatic rings. The van der Waals surface area contributed by atoms with Crippen molar-refractivity contribution in [1.29, 1.82) is 0 Å². The minimum Gasteiger partial charge on any atom is -0.493 e. The van der Waals surface area contributed by atoms with Crippen LogP contribution >= 0.6 is 0 Å². The van der Waals surface area contributed by atoms with Gasteiger partial charge in [-0.2, -0.15) is 0 Å². The fraction of sp³-hybridized carbons (Fsp3) is 0.600. The van der Waals surface area contributed by atoms with Gasteiger partial charge in [-0.3, -0.25) is 9.59 Å². The van der Waals surface area contributed by atoms with Crippen LogP contribution in [0.5, 0.6) is 5.75 Å². The first kappa shape index (κ1) is 33.7. The molecule has 1 saturated carbocycles. The number of rotatable bonds is 14. The third-order valence-corrected chi connectivity index (χ3v) is 6.13. The van der Waals surface area contributed by atoms with Crippen molar-refractivity contribution in [3.63, 3.8) is 0 Å². The van der Waals surface area contributed by atoms with Crippen LogP contribution in [0.25, 0.3) is 0 Å². The Morgan fingerprint density at radius 3 is 2.06 bits per heavy atom. The fourth-order valence-corrected chi connectivity index (χ4v) is 3.94. The van der Waals surface area contributed by atoms with E-state index in [1.54, 1.807) is 14.0 Å². The molecular weight excluding hydrogens is 456 g/mol. The van der Waals surface area contributed by atoms with Crippen molar-refractivity contribution in [3.8, 4) is 5.75 Å². The van der Waals surface area contributed by atoms with Crippen molar-refractivity contribution in [3.05, 3.63) is 54.1 Å². The molecule has 1 atom stereocenters. The molecule has 2 rings (SSSR count). The van der Waals surface area contributed by atoms with E-state index in [-0.39, 0.29) is 24.7 Å². The van der Waals surface area contributed by atoms with Gasteiger partial charge in [-0.1, -0.05) is 57.9 Å². The number of methoxy groups -OCH3 is 1. The summed E-state index contributed by atoms with van der Waals surface area (Å²) in [6.45, 7) is 11.3. The first-order valence-electron chi connectivity index (χ1n) is 13.0. The molecule has 1 aromatic carbocycles. The minimum atomic E-state index is -0.233. The number of ether oxygens (including phenoxy) is 2. The number of hydrogen-bond donors (Lipinski definition) is 2. The van der Waals surface area contributed by atoms with Crippen molar-refractivity contribution in [2.75, 3.05) is 33.5 Å². The molecule has 0 heterocycles. The van der Waals surface area contributed by atoms with E-state index in [4.69, 9.17) is 14.6 Å². The molecule has 204 valence electrons. The average molecular weight is 505 g/mol. The Morgan fingerprint density at radius 2 is 1.64 bits per heavy atom. The smallest absolute Gasteiger partial charge is 0.147 e. The van der Waals surface area contributed by atoms with Crippen LogP contribution in [0.2, 0.25) is 0 Å². The highest BCUT2D eigenvalue weighted by molar-refractivity contribution is 5.72. The van der Waals surface area contributed by atoms with E-state index in [0.717, 1.165) is 23.9 Å². The Hall–Kier alpha value is -2.28. The summed E-state index contributed by atoms with van der Waals surface area (Å²) in [5.41, 5.74) is 2.25. The topological polar surface area (TPSA) is 93.1 Å². The van der Waals surface area contributed by atoms with Gasteiger partial charge in [0.15, 0.2) is 0 Å². The molecule has 2 N–H and O–H groups in total. The Balaban J connectivity index is 0.000000931. The number of carbonyl (C=O) groups excluding carboxylic acids is 2. The van der Waals surface area contributed by atoms with E-state index in [2.05, 4.69) is 44.3 Å². The zero-order valence-corrected chi connectivity index (χ0v) is 22.6. The molecule has 1 aliphatic rings. The summed E-state index contributed by atoms with van der Waals surface area (Å²) in [5.74, 6) is 2.59. The molecule has 0 spiro atoms. The third-order valence-electron chi connectivity index (χ3n) is 6.13. The molecule has 1 aliphatic carbocycles. The number of aliphatic hydroxyl groups is 2. The van der Waals surface area contributed by atoms with Crippen LogP contribution in [0.1, 0.15) is 76.7 Å². The van der Waals surface area contributed by atoms with Crippen LogP contribution in [0.15, 0.2) is 48.6 Å². The molecule has 6 heteroatoms. The normalized spacial score (nSPS) is 17.4. The second-order valence-electron chi connectivity index (χ2n) is 9.50. The predicted octanol–water partition coefficient (Wildman–Crippen LogP) is 5.67. The molecule has 6 nitrogen and oxygen atoms in total. The van der Waals surface area contributed by atoms with E-state index < -0.39 is 0 Å². The number of hydrogen-bond acceptors (Lipinski definition) is 6. The molecule has 0 aromatic heterocycles. The van der Waals surface area contributed by atoms with E-state index in [1.807, 2.05) is 0 Å².